The molecular weight excluding hydrogens is 344 g/mol. The highest BCUT2D eigenvalue weighted by Gasteiger charge is 2.45. The molecule has 4 rings (SSSR count). The molecule has 2 aromatic carbocycles. The van der Waals surface area contributed by atoms with Gasteiger partial charge in [0.05, 0.1) is 5.41 Å². The number of benzene rings is 2. The molecule has 1 saturated heterocycles. The van der Waals surface area contributed by atoms with Crippen LogP contribution in [0.4, 0.5) is 5.69 Å². The van der Waals surface area contributed by atoms with Gasteiger partial charge in [-0.3, -0.25) is 4.79 Å². The van der Waals surface area contributed by atoms with Crippen LogP contribution in [-0.2, 0) is 10.2 Å². The Hall–Kier alpha value is -2.00. The molecule has 1 amide bonds. The summed E-state index contributed by atoms with van der Waals surface area (Å²) in [5.41, 5.74) is 2.03. The summed E-state index contributed by atoms with van der Waals surface area (Å²) in [4.78, 5) is 17.9. The minimum atomic E-state index is -0.306. The van der Waals surface area contributed by atoms with Crippen molar-refractivity contribution in [2.75, 3.05) is 31.1 Å². The maximum Gasteiger partial charge on any atom is 0.233 e. The van der Waals surface area contributed by atoms with E-state index < -0.39 is 0 Å². The smallest absolute Gasteiger partial charge is 0.233 e. The van der Waals surface area contributed by atoms with Crippen LogP contribution >= 0.6 is 11.6 Å². The average Bonchev–Trinajstić information content (AvgIpc) is 3.19. The zero-order chi connectivity index (χ0) is 18.0. The molecule has 2 aliphatic rings. The van der Waals surface area contributed by atoms with Crippen LogP contribution in [0.2, 0.25) is 5.02 Å². The van der Waals surface area contributed by atoms with Crippen LogP contribution in [0.5, 0.6) is 0 Å². The van der Waals surface area contributed by atoms with Crippen molar-refractivity contribution in [1.82, 2.24) is 4.90 Å². The molecule has 1 aliphatic heterocycles. The minimum Gasteiger partial charge on any atom is -0.368 e. The third-order valence-corrected chi connectivity index (χ3v) is 6.17. The normalized spacial score (nSPS) is 19.6. The van der Waals surface area contributed by atoms with Crippen molar-refractivity contribution >= 4 is 23.2 Å². The molecule has 136 valence electrons. The van der Waals surface area contributed by atoms with Gasteiger partial charge in [0.2, 0.25) is 5.91 Å². The standard InChI is InChI=1S/C22H25ClN2O/c23-19-9-6-10-20(17-19)24-13-15-25(16-14-24)21(26)22(11-4-5-12-22)18-7-2-1-3-8-18/h1-3,6-10,17H,4-5,11-16H2. The molecular formula is C22H25ClN2O. The van der Waals surface area contributed by atoms with E-state index in [-0.39, 0.29) is 5.41 Å². The van der Waals surface area contributed by atoms with Gasteiger partial charge in [0.15, 0.2) is 0 Å². The summed E-state index contributed by atoms with van der Waals surface area (Å²) < 4.78 is 0. The Balaban J connectivity index is 1.49. The second-order valence-electron chi connectivity index (χ2n) is 7.41. The molecule has 0 radical (unpaired) electrons. The lowest BCUT2D eigenvalue weighted by molar-refractivity contribution is -0.137. The number of piperazine rings is 1. The number of amides is 1. The molecule has 0 unspecified atom stereocenters. The van der Waals surface area contributed by atoms with Crippen molar-refractivity contribution in [3.05, 3.63) is 65.2 Å². The van der Waals surface area contributed by atoms with Crippen molar-refractivity contribution in [1.29, 1.82) is 0 Å². The lowest BCUT2D eigenvalue weighted by atomic mass is 9.77. The lowest BCUT2D eigenvalue weighted by Gasteiger charge is -2.41. The van der Waals surface area contributed by atoms with Crippen molar-refractivity contribution in [2.45, 2.75) is 31.1 Å². The molecule has 0 spiro atoms. The van der Waals surface area contributed by atoms with E-state index in [0.29, 0.717) is 5.91 Å². The summed E-state index contributed by atoms with van der Waals surface area (Å²) >= 11 is 6.12. The quantitative estimate of drug-likeness (QED) is 0.796. The molecule has 1 saturated carbocycles. The van der Waals surface area contributed by atoms with Crippen LogP contribution in [-0.4, -0.2) is 37.0 Å². The minimum absolute atomic E-state index is 0.306. The van der Waals surface area contributed by atoms with Crippen molar-refractivity contribution in [2.24, 2.45) is 0 Å². The molecule has 0 atom stereocenters. The first kappa shape index (κ1) is 17.4. The molecule has 1 aliphatic carbocycles. The molecule has 2 fully saturated rings. The highest BCUT2D eigenvalue weighted by atomic mass is 35.5. The van der Waals surface area contributed by atoms with E-state index in [2.05, 4.69) is 40.1 Å². The van der Waals surface area contributed by atoms with Gasteiger partial charge in [-0.2, -0.15) is 0 Å². The lowest BCUT2D eigenvalue weighted by Crippen LogP contribution is -2.54. The van der Waals surface area contributed by atoms with E-state index in [1.807, 2.05) is 24.3 Å². The number of anilines is 1. The van der Waals surface area contributed by atoms with Crippen LogP contribution in [0.1, 0.15) is 31.2 Å². The summed E-state index contributed by atoms with van der Waals surface area (Å²) in [6, 6.07) is 18.4. The average molecular weight is 369 g/mol. The Morgan fingerprint density at radius 3 is 2.23 bits per heavy atom. The van der Waals surface area contributed by atoms with Gasteiger partial charge < -0.3 is 9.80 Å². The van der Waals surface area contributed by atoms with E-state index in [9.17, 15) is 4.79 Å². The van der Waals surface area contributed by atoms with Crippen LogP contribution in [0, 0.1) is 0 Å². The Morgan fingerprint density at radius 2 is 1.58 bits per heavy atom. The van der Waals surface area contributed by atoms with Crippen LogP contribution in [0.15, 0.2) is 54.6 Å². The fourth-order valence-corrected chi connectivity index (χ4v) is 4.69. The van der Waals surface area contributed by atoms with E-state index in [1.165, 1.54) is 5.56 Å². The fourth-order valence-electron chi connectivity index (χ4n) is 4.50. The monoisotopic (exact) mass is 368 g/mol. The van der Waals surface area contributed by atoms with E-state index in [4.69, 9.17) is 11.6 Å². The third kappa shape index (κ3) is 3.21. The molecule has 2 aromatic rings. The predicted molar refractivity (Wildman–Crippen MR) is 107 cm³/mol. The summed E-state index contributed by atoms with van der Waals surface area (Å²) in [5.74, 6) is 0.326. The highest BCUT2D eigenvalue weighted by molar-refractivity contribution is 6.30. The first-order valence-corrected chi connectivity index (χ1v) is 9.92. The Labute approximate surface area is 160 Å². The maximum absolute atomic E-state index is 13.5. The van der Waals surface area contributed by atoms with Crippen LogP contribution in [0.3, 0.4) is 0 Å². The van der Waals surface area contributed by atoms with Gasteiger partial charge in [0, 0.05) is 36.9 Å². The number of nitrogens with zero attached hydrogens (tertiary/aromatic N) is 2. The topological polar surface area (TPSA) is 23.6 Å². The van der Waals surface area contributed by atoms with Crippen LogP contribution < -0.4 is 4.90 Å². The number of hydrogen-bond acceptors (Lipinski definition) is 2. The van der Waals surface area contributed by atoms with Gasteiger partial charge in [-0.25, -0.2) is 0 Å². The van der Waals surface area contributed by atoms with Gasteiger partial charge in [0.1, 0.15) is 0 Å². The van der Waals surface area contributed by atoms with Crippen LogP contribution in [0.25, 0.3) is 0 Å². The summed E-state index contributed by atoms with van der Waals surface area (Å²) in [5, 5.41) is 0.759. The number of rotatable bonds is 3. The predicted octanol–water partition coefficient (Wildman–Crippen LogP) is 4.50. The molecule has 4 heteroatoms. The Bertz CT molecular complexity index is 763. The summed E-state index contributed by atoms with van der Waals surface area (Å²) in [6.07, 6.45) is 4.24. The number of hydrogen-bond donors (Lipinski definition) is 0. The second kappa shape index (κ2) is 7.32. The van der Waals surface area contributed by atoms with E-state index >= 15 is 0 Å². The van der Waals surface area contributed by atoms with Gasteiger partial charge in [-0.05, 0) is 36.6 Å². The first-order valence-electron chi connectivity index (χ1n) is 9.54. The fraction of sp³-hybridized carbons (Fsp3) is 0.409. The van der Waals surface area contributed by atoms with Crippen molar-refractivity contribution < 1.29 is 4.79 Å². The van der Waals surface area contributed by atoms with Gasteiger partial charge in [0.25, 0.3) is 0 Å². The molecule has 0 aromatic heterocycles. The Morgan fingerprint density at radius 1 is 0.885 bits per heavy atom. The third-order valence-electron chi connectivity index (χ3n) is 5.93. The SMILES string of the molecule is O=C(N1CCN(c2cccc(Cl)c2)CC1)C1(c2ccccc2)CCCC1. The van der Waals surface area contributed by atoms with Crippen molar-refractivity contribution in [3.63, 3.8) is 0 Å². The summed E-state index contributed by atoms with van der Waals surface area (Å²) in [6.45, 7) is 3.27. The van der Waals surface area contributed by atoms with Gasteiger partial charge >= 0.3 is 0 Å². The Kier molecular flexibility index (Phi) is 4.90. The first-order chi connectivity index (χ1) is 12.7. The number of carbonyl (C=O) groups excluding carboxylic acids is 1. The van der Waals surface area contributed by atoms with Gasteiger partial charge in [-0.1, -0.05) is 60.8 Å². The highest BCUT2D eigenvalue weighted by Crippen LogP contribution is 2.42. The molecule has 0 N–H and O–H groups in total. The summed E-state index contributed by atoms with van der Waals surface area (Å²) in [7, 11) is 0. The molecule has 26 heavy (non-hydrogen) atoms. The van der Waals surface area contributed by atoms with Gasteiger partial charge in [-0.15, -0.1) is 0 Å². The number of carbonyl (C=O) groups is 1. The largest absolute Gasteiger partial charge is 0.368 e. The zero-order valence-corrected chi connectivity index (χ0v) is 15.8. The number of halogens is 1. The second-order valence-corrected chi connectivity index (χ2v) is 7.85. The van der Waals surface area contributed by atoms with Crippen molar-refractivity contribution in [3.8, 4) is 0 Å². The van der Waals surface area contributed by atoms with E-state index in [1.54, 1.807) is 0 Å². The van der Waals surface area contributed by atoms with E-state index in [0.717, 1.165) is 62.6 Å². The molecule has 0 bridgehead atoms. The molecule has 3 nitrogen and oxygen atoms in total. The molecule has 1 heterocycles. The maximum atomic E-state index is 13.5. The zero-order valence-electron chi connectivity index (χ0n) is 15.0.